The van der Waals surface area contributed by atoms with Crippen molar-refractivity contribution < 1.29 is 23.5 Å². The summed E-state index contributed by atoms with van der Waals surface area (Å²) in [7, 11) is 0. The molecule has 2 aromatic carbocycles. The molecule has 3 amide bonds. The smallest absolute Gasteiger partial charge is 0.272 e. The third-order valence-electron chi connectivity index (χ3n) is 12.8. The number of hydrogen-bond donors (Lipinski definition) is 2. The van der Waals surface area contributed by atoms with Crippen LogP contribution in [0.4, 0.5) is 4.39 Å². The number of nitrogens with two attached hydrogens (primary N) is 1. The van der Waals surface area contributed by atoms with Crippen LogP contribution in [-0.4, -0.2) is 124 Å². The molecule has 13 heteroatoms. The first-order valence-electron chi connectivity index (χ1n) is 20.0. The molecule has 12 nitrogen and oxygen atoms in total. The number of nitrogens with zero attached hydrogens (tertiary/aromatic N) is 5. The number of hydrogen-bond acceptors (Lipinski definition) is 8. The van der Waals surface area contributed by atoms with E-state index in [4.69, 9.17) is 10.5 Å². The van der Waals surface area contributed by atoms with Gasteiger partial charge in [-0.2, -0.15) is 5.10 Å². The van der Waals surface area contributed by atoms with Crippen LogP contribution in [-0.2, 0) is 20.7 Å². The molecule has 2 bridgehead atoms. The molecule has 4 heterocycles. The van der Waals surface area contributed by atoms with Crippen molar-refractivity contribution in [3.05, 3.63) is 75.5 Å². The average molecular weight is 742 g/mol. The topological polar surface area (TPSA) is 145 Å². The van der Waals surface area contributed by atoms with Gasteiger partial charge in [-0.05, 0) is 68.2 Å². The standard InChI is InChI=1S/C41H52FN7O5/c42-34-11-10-26(21-35-31-8-4-5-9-32(31)39(51)45-44-35)20-33(34)40(52)48-18-16-47(17-19-48)37(50)25-46-14-12-30(13-15-46)54-36-23-29-22-28(36)24-49(29)41(53)38(43)27-6-2-1-3-7-27/h4-5,8-11,20,27-30,36,38H,1-3,6-7,12-19,21-25,43H2,(H,45,51)/t28?,29?,36-,38+/m0/s1. The highest BCUT2D eigenvalue weighted by atomic mass is 19.1. The molecule has 2 saturated carbocycles. The van der Waals surface area contributed by atoms with Crippen LogP contribution >= 0.6 is 0 Å². The summed E-state index contributed by atoms with van der Waals surface area (Å²) in [5, 5.41) is 7.99. The number of halogens is 1. The van der Waals surface area contributed by atoms with Gasteiger partial charge in [0.25, 0.3) is 11.5 Å². The maximum absolute atomic E-state index is 15.0. The fourth-order valence-corrected chi connectivity index (χ4v) is 9.65. The van der Waals surface area contributed by atoms with Crippen molar-refractivity contribution in [2.24, 2.45) is 17.6 Å². The predicted molar refractivity (Wildman–Crippen MR) is 201 cm³/mol. The van der Waals surface area contributed by atoms with Crippen molar-refractivity contribution in [3.63, 3.8) is 0 Å². The lowest BCUT2D eigenvalue weighted by Gasteiger charge is -2.39. The second-order valence-electron chi connectivity index (χ2n) is 16.2. The summed E-state index contributed by atoms with van der Waals surface area (Å²) < 4.78 is 21.6. The number of ether oxygens (including phenoxy) is 1. The second kappa shape index (κ2) is 15.9. The molecule has 3 N–H and O–H groups in total. The molecule has 0 radical (unpaired) electrons. The fraction of sp³-hybridized carbons (Fsp3) is 0.585. The van der Waals surface area contributed by atoms with E-state index in [-0.39, 0.29) is 47.2 Å². The average Bonchev–Trinajstić information content (AvgIpc) is 3.81. The minimum Gasteiger partial charge on any atom is -0.374 e. The van der Waals surface area contributed by atoms with Gasteiger partial charge >= 0.3 is 0 Å². The Balaban J connectivity index is 0.770. The first kappa shape index (κ1) is 36.8. The van der Waals surface area contributed by atoms with E-state index >= 15 is 0 Å². The van der Waals surface area contributed by atoms with E-state index in [9.17, 15) is 23.6 Å². The highest BCUT2D eigenvalue weighted by molar-refractivity contribution is 5.95. The normalized spacial score (nSPS) is 24.7. The Labute approximate surface area is 315 Å². The number of aromatic nitrogens is 2. The number of likely N-dealkylation sites (tertiary alicyclic amines) is 2. The van der Waals surface area contributed by atoms with Gasteiger partial charge in [-0.3, -0.25) is 24.1 Å². The number of carbonyl (C=O) groups excluding carboxylic acids is 3. The molecule has 5 aliphatic rings. The van der Waals surface area contributed by atoms with E-state index in [1.165, 1.54) is 25.3 Å². The number of nitrogens with one attached hydrogen (secondary N) is 1. The summed E-state index contributed by atoms with van der Waals surface area (Å²) in [6.45, 7) is 4.12. The van der Waals surface area contributed by atoms with Gasteiger partial charge in [-0.15, -0.1) is 0 Å². The van der Waals surface area contributed by atoms with E-state index in [0.717, 1.165) is 58.2 Å². The third-order valence-corrected chi connectivity index (χ3v) is 12.8. The quantitative estimate of drug-likeness (QED) is 0.340. The summed E-state index contributed by atoms with van der Waals surface area (Å²) in [5.74, 6) is -0.111. The highest BCUT2D eigenvalue weighted by Gasteiger charge is 2.49. The summed E-state index contributed by atoms with van der Waals surface area (Å²) >= 11 is 0. The molecule has 0 spiro atoms. The molecule has 8 rings (SSSR count). The molecule has 288 valence electrons. The third kappa shape index (κ3) is 7.67. The molecular weight excluding hydrogens is 689 g/mol. The maximum Gasteiger partial charge on any atom is 0.272 e. The number of piperazine rings is 1. The minimum atomic E-state index is -0.596. The molecule has 3 aliphatic heterocycles. The van der Waals surface area contributed by atoms with Crippen LogP contribution in [0, 0.1) is 17.7 Å². The first-order valence-corrected chi connectivity index (χ1v) is 20.0. The minimum absolute atomic E-state index is 0.0128. The Morgan fingerprint density at radius 1 is 0.907 bits per heavy atom. The number of carbonyl (C=O) groups is 3. The molecule has 5 fully saturated rings. The molecule has 1 aromatic heterocycles. The monoisotopic (exact) mass is 741 g/mol. The van der Waals surface area contributed by atoms with Crippen LogP contribution in [0.3, 0.4) is 0 Å². The number of amides is 3. The number of H-pyrrole nitrogens is 1. The van der Waals surface area contributed by atoms with Gasteiger partial charge in [-0.25, -0.2) is 9.49 Å². The van der Waals surface area contributed by atoms with Crippen LogP contribution in [0.2, 0.25) is 0 Å². The number of aromatic amines is 1. The maximum atomic E-state index is 15.0. The lowest BCUT2D eigenvalue weighted by Crippen LogP contribution is -2.53. The molecule has 2 unspecified atom stereocenters. The van der Waals surface area contributed by atoms with Crippen LogP contribution in [0.25, 0.3) is 10.8 Å². The summed E-state index contributed by atoms with van der Waals surface area (Å²) in [6.07, 6.45) is 10.1. The van der Waals surface area contributed by atoms with Gasteiger partial charge in [0.05, 0.1) is 41.4 Å². The summed E-state index contributed by atoms with van der Waals surface area (Å²) in [4.78, 5) is 59.9. The Hall–Kier alpha value is -4.20. The van der Waals surface area contributed by atoms with Crippen LogP contribution in [0.5, 0.6) is 0 Å². The van der Waals surface area contributed by atoms with Crippen molar-refractivity contribution in [1.29, 1.82) is 0 Å². The lowest BCUT2D eigenvalue weighted by atomic mass is 9.83. The van der Waals surface area contributed by atoms with Gasteiger partial charge in [0.15, 0.2) is 0 Å². The molecular formula is C41H52FN7O5. The molecule has 54 heavy (non-hydrogen) atoms. The SMILES string of the molecule is N[C@@H](C(=O)N1CC2CC1C[C@@H]2OC1CCN(CC(=O)N2CCN(C(=O)c3cc(Cc4n[nH]c(=O)c5ccccc45)ccc3F)CC2)CC1)C1CCCCC1. The Bertz CT molecular complexity index is 1920. The molecule has 3 saturated heterocycles. The molecule has 4 atom stereocenters. The first-order chi connectivity index (χ1) is 26.2. The van der Waals surface area contributed by atoms with Crippen molar-refractivity contribution in [2.45, 2.75) is 88.5 Å². The Morgan fingerprint density at radius 3 is 2.35 bits per heavy atom. The number of piperidine rings is 2. The zero-order chi connectivity index (χ0) is 37.3. The van der Waals surface area contributed by atoms with Gasteiger partial charge < -0.3 is 25.2 Å². The zero-order valence-electron chi connectivity index (χ0n) is 31.0. The van der Waals surface area contributed by atoms with Crippen molar-refractivity contribution in [3.8, 4) is 0 Å². The van der Waals surface area contributed by atoms with E-state index in [1.807, 2.05) is 12.1 Å². The van der Waals surface area contributed by atoms with Gasteiger partial charge in [0.1, 0.15) is 5.82 Å². The summed E-state index contributed by atoms with van der Waals surface area (Å²) in [6, 6.07) is 11.5. The Kier molecular flexibility index (Phi) is 10.8. The fourth-order valence-electron chi connectivity index (χ4n) is 9.65. The van der Waals surface area contributed by atoms with Crippen LogP contribution in [0.15, 0.2) is 47.3 Å². The number of rotatable bonds is 9. The van der Waals surface area contributed by atoms with Crippen molar-refractivity contribution in [1.82, 2.24) is 29.8 Å². The van der Waals surface area contributed by atoms with Gasteiger partial charge in [-0.1, -0.05) is 43.5 Å². The van der Waals surface area contributed by atoms with Crippen molar-refractivity contribution >= 4 is 28.5 Å². The van der Waals surface area contributed by atoms with E-state index < -0.39 is 11.7 Å². The molecule has 3 aromatic rings. The molecule has 2 aliphatic carbocycles. The van der Waals surface area contributed by atoms with Crippen LogP contribution in [0.1, 0.15) is 79.4 Å². The Morgan fingerprint density at radius 2 is 1.63 bits per heavy atom. The summed E-state index contributed by atoms with van der Waals surface area (Å²) in [5.41, 5.74) is 7.53. The van der Waals surface area contributed by atoms with Crippen molar-refractivity contribution in [2.75, 3.05) is 52.4 Å². The van der Waals surface area contributed by atoms with E-state index in [2.05, 4.69) is 20.0 Å². The van der Waals surface area contributed by atoms with E-state index in [0.29, 0.717) is 73.0 Å². The second-order valence-corrected chi connectivity index (χ2v) is 16.2. The predicted octanol–water partition coefficient (Wildman–Crippen LogP) is 3.32. The van der Waals surface area contributed by atoms with Gasteiger partial charge in [0, 0.05) is 69.6 Å². The zero-order valence-corrected chi connectivity index (χ0v) is 31.0. The number of benzene rings is 2. The van der Waals surface area contributed by atoms with Crippen LogP contribution < -0.4 is 11.3 Å². The number of fused-ring (bicyclic) bond motifs is 3. The lowest BCUT2D eigenvalue weighted by molar-refractivity contribution is -0.139. The highest BCUT2D eigenvalue weighted by Crippen LogP contribution is 2.41. The van der Waals surface area contributed by atoms with Gasteiger partial charge in [0.2, 0.25) is 11.8 Å². The van der Waals surface area contributed by atoms with E-state index in [1.54, 1.807) is 34.1 Å². The largest absolute Gasteiger partial charge is 0.374 e.